The van der Waals surface area contributed by atoms with E-state index in [0.717, 1.165) is 29.1 Å². The SMILES string of the molecule is CCCCc1ccc(C(=O)N(CCOC)Cc2cccn2Cc2ccccc2Cl)cc1. The molecular formula is C26H31ClN2O2. The van der Waals surface area contributed by atoms with Crippen LogP contribution >= 0.6 is 11.6 Å². The third kappa shape index (κ3) is 6.46. The van der Waals surface area contributed by atoms with Gasteiger partial charge in [-0.1, -0.05) is 55.3 Å². The summed E-state index contributed by atoms with van der Waals surface area (Å²) >= 11 is 6.35. The Labute approximate surface area is 190 Å². The van der Waals surface area contributed by atoms with Crippen molar-refractivity contribution in [3.63, 3.8) is 0 Å². The second-order valence-electron chi connectivity index (χ2n) is 7.74. The standard InChI is InChI=1S/C26H31ClN2O2/c1-3-4-8-21-12-14-22(15-13-21)26(30)29(17-18-31-2)20-24-10-7-16-28(24)19-23-9-5-6-11-25(23)27/h5-7,9-16H,3-4,8,17-20H2,1-2H3. The maximum Gasteiger partial charge on any atom is 0.254 e. The number of halogens is 1. The molecule has 4 nitrogen and oxygen atoms in total. The molecule has 164 valence electrons. The Bertz CT molecular complexity index is 966. The van der Waals surface area contributed by atoms with Gasteiger partial charge in [-0.2, -0.15) is 0 Å². The molecule has 1 heterocycles. The largest absolute Gasteiger partial charge is 0.383 e. The average molecular weight is 439 g/mol. The van der Waals surface area contributed by atoms with Gasteiger partial charge in [0.25, 0.3) is 5.91 Å². The van der Waals surface area contributed by atoms with E-state index in [-0.39, 0.29) is 5.91 Å². The molecule has 1 amide bonds. The van der Waals surface area contributed by atoms with Gasteiger partial charge in [-0.25, -0.2) is 0 Å². The Morgan fingerprint density at radius 2 is 1.84 bits per heavy atom. The summed E-state index contributed by atoms with van der Waals surface area (Å²) in [6.45, 7) is 4.39. The molecule has 0 atom stereocenters. The van der Waals surface area contributed by atoms with Crippen LogP contribution in [0, 0.1) is 0 Å². The molecule has 0 aliphatic carbocycles. The minimum absolute atomic E-state index is 0.0181. The van der Waals surface area contributed by atoms with Gasteiger partial charge in [0.2, 0.25) is 0 Å². The topological polar surface area (TPSA) is 34.5 Å². The number of methoxy groups -OCH3 is 1. The number of benzene rings is 2. The summed E-state index contributed by atoms with van der Waals surface area (Å²) in [5, 5.41) is 0.748. The molecule has 0 N–H and O–H groups in total. The van der Waals surface area contributed by atoms with E-state index >= 15 is 0 Å². The molecule has 1 aromatic heterocycles. The number of hydrogen-bond donors (Lipinski definition) is 0. The predicted octanol–water partition coefficient (Wildman–Crippen LogP) is 5.82. The minimum Gasteiger partial charge on any atom is -0.383 e. The molecule has 0 unspecified atom stereocenters. The molecule has 5 heteroatoms. The summed E-state index contributed by atoms with van der Waals surface area (Å²) in [5.74, 6) is 0.0181. The molecule has 3 rings (SSSR count). The molecule has 0 radical (unpaired) electrons. The van der Waals surface area contributed by atoms with E-state index in [2.05, 4.69) is 29.7 Å². The van der Waals surface area contributed by atoms with Crippen molar-refractivity contribution in [2.24, 2.45) is 0 Å². The highest BCUT2D eigenvalue weighted by atomic mass is 35.5. The van der Waals surface area contributed by atoms with Crippen molar-refractivity contribution < 1.29 is 9.53 Å². The van der Waals surface area contributed by atoms with Crippen LogP contribution in [0.4, 0.5) is 0 Å². The van der Waals surface area contributed by atoms with Crippen LogP contribution in [0.5, 0.6) is 0 Å². The van der Waals surface area contributed by atoms with Gasteiger partial charge in [0.15, 0.2) is 0 Å². The molecule has 0 spiro atoms. The van der Waals surface area contributed by atoms with E-state index in [1.54, 1.807) is 7.11 Å². The lowest BCUT2D eigenvalue weighted by Crippen LogP contribution is -2.34. The number of unbranched alkanes of at least 4 members (excludes halogenated alkanes) is 1. The Morgan fingerprint density at radius 3 is 2.55 bits per heavy atom. The Balaban J connectivity index is 1.75. The molecular weight excluding hydrogens is 408 g/mol. The van der Waals surface area contributed by atoms with Gasteiger partial charge in [-0.3, -0.25) is 4.79 Å². The normalized spacial score (nSPS) is 10.9. The zero-order valence-corrected chi connectivity index (χ0v) is 19.1. The van der Waals surface area contributed by atoms with E-state index in [9.17, 15) is 4.79 Å². The zero-order valence-electron chi connectivity index (χ0n) is 18.4. The van der Waals surface area contributed by atoms with Crippen LogP contribution in [-0.4, -0.2) is 35.6 Å². The smallest absolute Gasteiger partial charge is 0.254 e. The van der Waals surface area contributed by atoms with Gasteiger partial charge >= 0.3 is 0 Å². The number of carbonyl (C=O) groups excluding carboxylic acids is 1. The first-order chi connectivity index (χ1) is 15.1. The van der Waals surface area contributed by atoms with E-state index in [4.69, 9.17) is 16.3 Å². The third-order valence-corrected chi connectivity index (χ3v) is 5.82. The number of nitrogens with zero attached hydrogens (tertiary/aromatic N) is 2. The second-order valence-corrected chi connectivity index (χ2v) is 8.15. The summed E-state index contributed by atoms with van der Waals surface area (Å²) in [7, 11) is 1.66. The fourth-order valence-corrected chi connectivity index (χ4v) is 3.78. The van der Waals surface area contributed by atoms with Crippen LogP contribution in [0.25, 0.3) is 0 Å². The monoisotopic (exact) mass is 438 g/mol. The zero-order chi connectivity index (χ0) is 22.1. The molecule has 0 aliphatic heterocycles. The third-order valence-electron chi connectivity index (χ3n) is 5.45. The lowest BCUT2D eigenvalue weighted by molar-refractivity contribution is 0.0676. The van der Waals surface area contributed by atoms with Gasteiger partial charge in [-0.15, -0.1) is 0 Å². The highest BCUT2D eigenvalue weighted by Gasteiger charge is 2.18. The molecule has 0 saturated heterocycles. The number of hydrogen-bond acceptors (Lipinski definition) is 2. The number of aryl methyl sites for hydroxylation is 1. The van der Waals surface area contributed by atoms with Crippen LogP contribution in [-0.2, 0) is 24.2 Å². The first kappa shape index (κ1) is 23.1. The molecule has 0 bridgehead atoms. The van der Waals surface area contributed by atoms with Gasteiger partial charge in [0.05, 0.1) is 13.2 Å². The summed E-state index contributed by atoms with van der Waals surface area (Å²) in [6.07, 6.45) is 5.41. The maximum atomic E-state index is 13.3. The van der Waals surface area contributed by atoms with Crippen molar-refractivity contribution >= 4 is 17.5 Å². The van der Waals surface area contributed by atoms with Crippen molar-refractivity contribution in [3.8, 4) is 0 Å². The fraction of sp³-hybridized carbons (Fsp3) is 0.346. The van der Waals surface area contributed by atoms with Crippen LogP contribution in [0.2, 0.25) is 5.02 Å². The Morgan fingerprint density at radius 1 is 1.06 bits per heavy atom. The molecule has 0 aliphatic rings. The van der Waals surface area contributed by atoms with E-state index in [1.807, 2.05) is 53.6 Å². The number of ether oxygens (including phenoxy) is 1. The Kier molecular flexibility index (Phi) is 8.74. The summed E-state index contributed by atoms with van der Waals surface area (Å²) < 4.78 is 7.41. The van der Waals surface area contributed by atoms with Crippen molar-refractivity contribution in [2.75, 3.05) is 20.3 Å². The average Bonchev–Trinajstić information content (AvgIpc) is 3.23. The maximum absolute atomic E-state index is 13.3. The van der Waals surface area contributed by atoms with Crippen molar-refractivity contribution in [2.45, 2.75) is 39.3 Å². The molecule has 2 aromatic carbocycles. The highest BCUT2D eigenvalue weighted by molar-refractivity contribution is 6.31. The molecule has 0 saturated carbocycles. The predicted molar refractivity (Wildman–Crippen MR) is 127 cm³/mol. The van der Waals surface area contributed by atoms with Crippen molar-refractivity contribution in [1.29, 1.82) is 0 Å². The van der Waals surface area contributed by atoms with Crippen LogP contribution < -0.4 is 0 Å². The van der Waals surface area contributed by atoms with Gasteiger partial charge in [-0.05, 0) is 54.3 Å². The first-order valence-corrected chi connectivity index (χ1v) is 11.2. The first-order valence-electron chi connectivity index (χ1n) is 10.9. The number of rotatable bonds is 11. The summed E-state index contributed by atoms with van der Waals surface area (Å²) in [6, 6.07) is 19.9. The van der Waals surface area contributed by atoms with Crippen molar-refractivity contribution in [3.05, 3.63) is 94.3 Å². The second kappa shape index (κ2) is 11.7. The molecule has 0 fully saturated rings. The fourth-order valence-electron chi connectivity index (χ4n) is 3.58. The van der Waals surface area contributed by atoms with Gasteiger partial charge < -0.3 is 14.2 Å². The highest BCUT2D eigenvalue weighted by Crippen LogP contribution is 2.19. The van der Waals surface area contributed by atoms with Gasteiger partial charge in [0.1, 0.15) is 0 Å². The summed E-state index contributed by atoms with van der Waals surface area (Å²) in [4.78, 5) is 15.1. The van der Waals surface area contributed by atoms with E-state index in [0.29, 0.717) is 31.8 Å². The van der Waals surface area contributed by atoms with E-state index < -0.39 is 0 Å². The molecule has 31 heavy (non-hydrogen) atoms. The Hall–Kier alpha value is -2.56. The molecule has 3 aromatic rings. The van der Waals surface area contributed by atoms with Crippen molar-refractivity contribution in [1.82, 2.24) is 9.47 Å². The summed E-state index contributed by atoms with van der Waals surface area (Å²) in [5.41, 5.74) is 4.10. The number of aromatic nitrogens is 1. The van der Waals surface area contributed by atoms with E-state index in [1.165, 1.54) is 12.0 Å². The minimum atomic E-state index is 0.0181. The number of carbonyl (C=O) groups is 1. The van der Waals surface area contributed by atoms with Gasteiger partial charge in [0, 0.05) is 42.7 Å². The quantitative estimate of drug-likeness (QED) is 0.378. The number of amides is 1. The van der Waals surface area contributed by atoms with Crippen LogP contribution in [0.3, 0.4) is 0 Å². The lowest BCUT2D eigenvalue weighted by Gasteiger charge is -2.24. The lowest BCUT2D eigenvalue weighted by atomic mass is 10.1. The van der Waals surface area contributed by atoms with Crippen LogP contribution in [0.1, 0.15) is 46.9 Å². The van der Waals surface area contributed by atoms with Crippen LogP contribution in [0.15, 0.2) is 66.9 Å².